The highest BCUT2D eigenvalue weighted by Gasteiger charge is 2.26. The summed E-state index contributed by atoms with van der Waals surface area (Å²) in [4.78, 5) is 35.5. The van der Waals surface area contributed by atoms with Gasteiger partial charge in [-0.25, -0.2) is 19.2 Å². The lowest BCUT2D eigenvalue weighted by Crippen LogP contribution is -2.41. The van der Waals surface area contributed by atoms with Gasteiger partial charge in [0.2, 0.25) is 27.1 Å². The maximum absolute atomic E-state index is 10.3. The highest BCUT2D eigenvalue weighted by Crippen LogP contribution is 2.32. The first kappa shape index (κ1) is 76.1. The van der Waals surface area contributed by atoms with E-state index in [0.717, 1.165) is 182 Å². The van der Waals surface area contributed by atoms with Crippen LogP contribution in [0.3, 0.4) is 0 Å². The monoisotopic (exact) mass is 1420 g/mol. The van der Waals surface area contributed by atoms with Crippen LogP contribution in [0.4, 0.5) is 17.8 Å². The van der Waals surface area contributed by atoms with E-state index in [-0.39, 0.29) is 35.3 Å². The second kappa shape index (κ2) is 37.4. The number of aliphatic hydroxyl groups excluding tert-OH is 1. The third-order valence-corrected chi connectivity index (χ3v) is 17.3. The summed E-state index contributed by atoms with van der Waals surface area (Å²) in [5, 5.41) is 51.3. The highest BCUT2D eigenvalue weighted by atomic mass is 36.0. The Labute approximate surface area is 583 Å². The summed E-state index contributed by atoms with van der Waals surface area (Å²) >= 11 is 15.4. The van der Waals surface area contributed by atoms with E-state index in [0.29, 0.717) is 67.3 Å². The summed E-state index contributed by atoms with van der Waals surface area (Å²) in [7, 11) is 7.36. The van der Waals surface area contributed by atoms with Crippen molar-refractivity contribution in [2.75, 3.05) is 99.2 Å². The molecule has 12 N–H and O–H groups in total. The van der Waals surface area contributed by atoms with Crippen LogP contribution in [-0.4, -0.2) is 184 Å². The first-order valence-electron chi connectivity index (χ1n) is 31.8. The lowest BCUT2D eigenvalue weighted by molar-refractivity contribution is 0.168. The number of aryl methyl sites for hydroxylation is 6. The number of imidazole rings is 3. The molecule has 3 saturated heterocycles. The van der Waals surface area contributed by atoms with E-state index in [1.165, 1.54) is 0 Å². The molecule has 9 aromatic rings. The van der Waals surface area contributed by atoms with Gasteiger partial charge in [0.05, 0.1) is 64.7 Å². The van der Waals surface area contributed by atoms with Crippen molar-refractivity contribution in [2.45, 2.75) is 118 Å². The molecule has 28 heteroatoms. The molecule has 0 amide bonds. The van der Waals surface area contributed by atoms with Crippen molar-refractivity contribution < 1.29 is 24.6 Å². The quantitative estimate of drug-likeness (QED) is 0.0285. The molecule has 3 aliphatic rings. The van der Waals surface area contributed by atoms with Crippen molar-refractivity contribution in [2.24, 2.45) is 5.73 Å². The molecule has 6 aromatic heterocycles. The van der Waals surface area contributed by atoms with E-state index in [2.05, 4.69) is 144 Å². The number of halogens is 5. The normalized spacial score (nSPS) is 15.1. The van der Waals surface area contributed by atoms with Gasteiger partial charge in [-0.05, 0) is 151 Å². The van der Waals surface area contributed by atoms with Gasteiger partial charge in [-0.1, -0.05) is 36.4 Å². The molecule has 516 valence electrons. The third kappa shape index (κ3) is 21.3. The Hall–Kier alpha value is -6.32. The minimum atomic E-state index is -1.67. The van der Waals surface area contributed by atoms with Crippen LogP contribution in [-0.2, 0) is 28.9 Å². The number of hydrogen-bond acceptors (Lipinski definition) is 19. The molecule has 3 fully saturated rings. The number of likely N-dealkylation sites (tertiary alicyclic amines) is 3. The average molecular weight is 1420 g/mol. The SMILES string of the molecule is Cc1ccc(O)c(Cn2c(NC3CCN(CCCl)CC3)nc3c(C)cccc32)n1.Cc1ccc(O)c(Cn2c(NC3CCN(CCN)CC3)nc3c(C)cccc32)n1.Cc1ccc(O)c(Cn2c(NC3CCN(CCO)CC3)nc3c(C)cccc32)n1.ClCCl.N.O=S(Cl)Cl. The fourth-order valence-electron chi connectivity index (χ4n) is 12.2. The van der Waals surface area contributed by atoms with Gasteiger partial charge in [-0.15, -0.1) is 34.8 Å². The Morgan fingerprint density at radius 2 is 0.758 bits per heavy atom. The molecule has 9 heterocycles. The molecule has 3 aromatic carbocycles. The summed E-state index contributed by atoms with van der Waals surface area (Å²) in [6, 6.07) is 30.3. The van der Waals surface area contributed by atoms with Crippen molar-refractivity contribution in [3.8, 4) is 17.2 Å². The van der Waals surface area contributed by atoms with Crippen LogP contribution in [0.2, 0.25) is 0 Å². The molecule has 0 atom stereocenters. The molecule has 0 saturated carbocycles. The predicted molar refractivity (Wildman–Crippen MR) is 390 cm³/mol. The molecular formula is C67H92Cl5N17O5S. The van der Waals surface area contributed by atoms with E-state index >= 15 is 0 Å². The number of hydrogen-bond donors (Lipinski definition) is 9. The van der Waals surface area contributed by atoms with E-state index in [1.54, 1.807) is 18.2 Å². The van der Waals surface area contributed by atoms with Gasteiger partial charge in [0.1, 0.15) is 34.3 Å². The summed E-state index contributed by atoms with van der Waals surface area (Å²) < 4.78 is 15.5. The maximum atomic E-state index is 10.3. The average Bonchev–Trinajstić information content (AvgIpc) is 1.66. The highest BCUT2D eigenvalue weighted by molar-refractivity contribution is 8.26. The maximum Gasteiger partial charge on any atom is 0.211 e. The molecular weight excluding hydrogens is 1330 g/mol. The number of aliphatic hydroxyl groups is 1. The zero-order valence-electron chi connectivity index (χ0n) is 55.1. The number of nitrogens with zero attached hydrogens (tertiary/aromatic N) is 12. The number of β-amino-alcohol motifs (C(OH)–C–C–N with tert-alkyl or cyclic N) is 1. The number of pyridine rings is 3. The van der Waals surface area contributed by atoms with Gasteiger partial charge >= 0.3 is 0 Å². The minimum Gasteiger partial charge on any atom is -0.506 e. The minimum absolute atomic E-state index is 0. The number of benzene rings is 3. The zero-order valence-corrected chi connectivity index (χ0v) is 59.7. The molecule has 0 unspecified atom stereocenters. The van der Waals surface area contributed by atoms with Gasteiger partial charge in [0, 0.05) is 128 Å². The van der Waals surface area contributed by atoms with Crippen LogP contribution >= 0.6 is 56.2 Å². The van der Waals surface area contributed by atoms with E-state index in [4.69, 9.17) is 64.8 Å². The molecule has 0 bridgehead atoms. The van der Waals surface area contributed by atoms with Crippen molar-refractivity contribution in [1.29, 1.82) is 0 Å². The number of nitrogens with two attached hydrogens (primary N) is 1. The Morgan fingerprint density at radius 3 is 1.03 bits per heavy atom. The zero-order chi connectivity index (χ0) is 67.4. The van der Waals surface area contributed by atoms with Crippen LogP contribution in [0.1, 0.15) is 89.4 Å². The van der Waals surface area contributed by atoms with Crippen molar-refractivity contribution in [3.05, 3.63) is 142 Å². The van der Waals surface area contributed by atoms with Crippen LogP contribution in [0.25, 0.3) is 33.1 Å². The number of fused-ring (bicyclic) bond motifs is 3. The number of rotatable bonds is 18. The second-order valence-electron chi connectivity index (χ2n) is 23.9. The van der Waals surface area contributed by atoms with Gasteiger partial charge in [-0.3, -0.25) is 15.0 Å². The Balaban J connectivity index is 0.000000191. The summed E-state index contributed by atoms with van der Waals surface area (Å²) in [5.74, 6) is 3.81. The Kier molecular flexibility index (Phi) is 30.0. The first-order valence-corrected chi connectivity index (χ1v) is 36.2. The largest absolute Gasteiger partial charge is 0.506 e. The number of aromatic hydroxyl groups is 3. The third-order valence-electron chi connectivity index (χ3n) is 17.2. The van der Waals surface area contributed by atoms with Crippen LogP contribution < -0.4 is 27.8 Å². The van der Waals surface area contributed by atoms with Gasteiger partial charge in [0.15, 0.2) is 0 Å². The smallest absolute Gasteiger partial charge is 0.211 e. The summed E-state index contributed by atoms with van der Waals surface area (Å²) in [6.07, 6.45) is 6.28. The number of anilines is 3. The number of para-hydroxylation sites is 3. The number of alkyl halides is 3. The lowest BCUT2D eigenvalue weighted by Gasteiger charge is -2.32. The fourth-order valence-corrected chi connectivity index (χ4v) is 12.4. The fraction of sp³-hybridized carbons (Fsp3) is 0.463. The first-order chi connectivity index (χ1) is 45.3. The van der Waals surface area contributed by atoms with Crippen LogP contribution in [0, 0.1) is 41.5 Å². The van der Waals surface area contributed by atoms with Crippen molar-refractivity contribution in [3.63, 3.8) is 0 Å². The molecule has 0 aliphatic carbocycles. The number of piperidine rings is 3. The van der Waals surface area contributed by atoms with E-state index in [9.17, 15) is 15.3 Å². The molecule has 12 rings (SSSR count). The number of aromatic nitrogens is 9. The molecule has 22 nitrogen and oxygen atoms in total. The van der Waals surface area contributed by atoms with E-state index < -0.39 is 9.23 Å². The topological polar surface area (TPSA) is 297 Å². The van der Waals surface area contributed by atoms with Crippen LogP contribution in [0.15, 0.2) is 91.0 Å². The van der Waals surface area contributed by atoms with E-state index in [1.807, 2.05) is 51.1 Å². The predicted octanol–water partition coefficient (Wildman–Crippen LogP) is 11.9. The van der Waals surface area contributed by atoms with Gasteiger partial charge in [-0.2, -0.15) is 0 Å². The molecule has 0 spiro atoms. The molecule has 95 heavy (non-hydrogen) atoms. The molecule has 0 radical (unpaired) electrons. The number of nitrogens with one attached hydrogen (secondary N) is 3. The Morgan fingerprint density at radius 1 is 0.474 bits per heavy atom. The van der Waals surface area contributed by atoms with Crippen LogP contribution in [0.5, 0.6) is 17.2 Å². The second-order valence-corrected chi connectivity index (χ2v) is 27.6. The summed E-state index contributed by atoms with van der Waals surface area (Å²) in [6.45, 7) is 23.1. The van der Waals surface area contributed by atoms with Gasteiger partial charge in [0.25, 0.3) is 0 Å². The standard InChI is InChI=1S/C22H28ClN5O.C22H30N6O.C22H29N5O2.CH2Cl2.Cl2OS.H3N/c2*1-15-4-3-5-19-21(15)26-22(25-17-8-11-27(12-9-17)13-10-23)28(19)14-18-20(29)7-6-16(2)24-18;1-15-4-3-5-19-21(15)25-22(24-17-8-10-26(11-9-17)12-13-28)27(19)14-18-20(29)7-6-16(2)23-18;2-1-3;1-4(2)3;/h3-7,17,29H,8-14H2,1-2H3,(H,25,26);3-7,17,29H,8-14,23H2,1-2H3,(H,25,26);3-7,17,28-29H,8-14H2,1-2H3,(H,24,25);1H2;;1H3. The summed E-state index contributed by atoms with van der Waals surface area (Å²) in [5.41, 5.74) is 19.8. The van der Waals surface area contributed by atoms with Crippen molar-refractivity contribution >= 4 is 116 Å². The Bertz CT molecular complexity index is 3520. The lowest BCUT2D eigenvalue weighted by atomic mass is 10.1. The molecule has 3 aliphatic heterocycles. The van der Waals surface area contributed by atoms with Crippen molar-refractivity contribution in [1.82, 2.24) is 64.5 Å². The van der Waals surface area contributed by atoms with Gasteiger partial charge < -0.3 is 76.7 Å².